The predicted octanol–water partition coefficient (Wildman–Crippen LogP) is 7.12. The zero-order chi connectivity index (χ0) is 25.6. The smallest absolute Gasteiger partial charge is 0.179 e. The second-order valence-electron chi connectivity index (χ2n) is 9.27. The van der Waals surface area contributed by atoms with Gasteiger partial charge in [0, 0.05) is 11.3 Å². The van der Waals surface area contributed by atoms with Crippen molar-refractivity contribution in [1.82, 2.24) is 9.78 Å². The molecule has 38 heavy (non-hydrogen) atoms. The summed E-state index contributed by atoms with van der Waals surface area (Å²) in [7, 11) is 0. The maximum Gasteiger partial charge on any atom is 0.179 e. The van der Waals surface area contributed by atoms with Gasteiger partial charge in [-0.15, -0.1) is 0 Å². The lowest BCUT2D eigenvalue weighted by Crippen LogP contribution is -2.46. The van der Waals surface area contributed by atoms with Crippen LogP contribution in [0.2, 0.25) is 0 Å². The van der Waals surface area contributed by atoms with Crippen molar-refractivity contribution in [1.29, 1.82) is 0 Å². The number of halogens is 1. The van der Waals surface area contributed by atoms with E-state index in [1.165, 1.54) is 12.1 Å². The molecule has 0 fully saturated rings. The average molecular weight is 499 g/mol. The Morgan fingerprint density at radius 1 is 0.763 bits per heavy atom. The monoisotopic (exact) mass is 498 g/mol. The van der Waals surface area contributed by atoms with Crippen molar-refractivity contribution in [2.45, 2.75) is 13.0 Å². The molecule has 0 radical (unpaired) electrons. The van der Waals surface area contributed by atoms with Crippen molar-refractivity contribution >= 4 is 34.6 Å². The van der Waals surface area contributed by atoms with E-state index in [9.17, 15) is 4.39 Å². The first-order valence-electron chi connectivity index (χ1n) is 12.5. The number of rotatable bonds is 3. The van der Waals surface area contributed by atoms with Crippen molar-refractivity contribution in [2.24, 2.45) is 9.98 Å². The minimum atomic E-state index is -0.292. The topological polar surface area (TPSA) is 57.8 Å². The van der Waals surface area contributed by atoms with Gasteiger partial charge in [-0.3, -0.25) is 0 Å². The molecule has 1 atom stereocenters. The highest BCUT2D eigenvalue weighted by Crippen LogP contribution is 2.48. The Morgan fingerprint density at radius 3 is 2.21 bits per heavy atom. The molecule has 0 unspecified atom stereocenters. The molecule has 5 aromatic rings. The second-order valence-corrected chi connectivity index (χ2v) is 9.27. The molecular weight excluding hydrogens is 475 g/mol. The minimum Gasteiger partial charge on any atom is -0.337 e. The number of nitrogens with zero attached hydrogens (tertiary/aromatic N) is 5. The van der Waals surface area contributed by atoms with Gasteiger partial charge in [0.1, 0.15) is 5.82 Å². The molecule has 0 saturated carbocycles. The number of hydrogen-bond acceptors (Lipinski definition) is 5. The lowest BCUT2D eigenvalue weighted by molar-refractivity contribution is 0.626. The van der Waals surface area contributed by atoms with Crippen LogP contribution in [0.1, 0.15) is 22.9 Å². The van der Waals surface area contributed by atoms with Crippen LogP contribution in [-0.2, 0) is 0 Å². The maximum absolute atomic E-state index is 14.0. The van der Waals surface area contributed by atoms with Gasteiger partial charge in [-0.25, -0.2) is 19.1 Å². The number of anilines is 2. The van der Waals surface area contributed by atoms with E-state index in [-0.39, 0.29) is 11.9 Å². The normalized spacial score (nSPS) is 15.6. The van der Waals surface area contributed by atoms with E-state index in [1.54, 1.807) is 0 Å². The molecule has 3 heterocycles. The van der Waals surface area contributed by atoms with Crippen molar-refractivity contribution < 1.29 is 4.39 Å². The van der Waals surface area contributed by atoms with Crippen molar-refractivity contribution in [3.63, 3.8) is 0 Å². The molecule has 7 heteroatoms. The van der Waals surface area contributed by atoms with Crippen molar-refractivity contribution in [3.05, 3.63) is 132 Å². The molecule has 4 aromatic carbocycles. The Labute approximate surface area is 219 Å². The fourth-order valence-corrected chi connectivity index (χ4v) is 5.17. The Kier molecular flexibility index (Phi) is 5.14. The van der Waals surface area contributed by atoms with E-state index in [0.717, 1.165) is 45.4 Å². The van der Waals surface area contributed by atoms with Gasteiger partial charge in [-0.2, -0.15) is 5.10 Å². The Morgan fingerprint density at radius 2 is 1.45 bits per heavy atom. The van der Waals surface area contributed by atoms with Crippen LogP contribution in [0.25, 0.3) is 5.69 Å². The number of amidine groups is 2. The van der Waals surface area contributed by atoms with Crippen LogP contribution in [0.3, 0.4) is 0 Å². The largest absolute Gasteiger partial charge is 0.337 e. The Hall–Kier alpha value is -5.04. The van der Waals surface area contributed by atoms with Crippen LogP contribution < -0.4 is 10.2 Å². The number of aliphatic imine (C=N–C) groups is 2. The quantitative estimate of drug-likeness (QED) is 0.288. The summed E-state index contributed by atoms with van der Waals surface area (Å²) in [6, 6.07) is 34.3. The third kappa shape index (κ3) is 3.59. The highest BCUT2D eigenvalue weighted by molar-refractivity contribution is 6.51. The second kappa shape index (κ2) is 8.81. The minimum absolute atomic E-state index is 0.276. The summed E-state index contributed by atoms with van der Waals surface area (Å²) in [5.41, 5.74) is 6.35. The average Bonchev–Trinajstić information content (AvgIpc) is 3.29. The molecule has 1 N–H and O–H groups in total. The SMILES string of the molecule is Cc1nn(-c2ccccc2)c2c1[C@@H](c1ccc(F)cc1)N1C(=N2)C(Nc2ccccc2)=Nc2ccccc21. The zero-order valence-electron chi connectivity index (χ0n) is 20.6. The highest BCUT2D eigenvalue weighted by Gasteiger charge is 2.41. The summed E-state index contributed by atoms with van der Waals surface area (Å²) in [4.78, 5) is 12.4. The first-order chi connectivity index (χ1) is 18.7. The third-order valence-corrected chi connectivity index (χ3v) is 6.86. The summed E-state index contributed by atoms with van der Waals surface area (Å²) < 4.78 is 15.9. The molecule has 2 aliphatic rings. The number of nitrogens with one attached hydrogen (secondary N) is 1. The van der Waals surface area contributed by atoms with E-state index >= 15 is 0 Å². The van der Waals surface area contributed by atoms with Crippen LogP contribution in [0.4, 0.5) is 27.3 Å². The highest BCUT2D eigenvalue weighted by atomic mass is 19.1. The van der Waals surface area contributed by atoms with Crippen LogP contribution in [0.15, 0.2) is 119 Å². The molecule has 0 bridgehead atoms. The van der Waals surface area contributed by atoms with Gasteiger partial charge >= 0.3 is 0 Å². The maximum atomic E-state index is 14.0. The van der Waals surface area contributed by atoms with E-state index in [2.05, 4.69) is 10.2 Å². The van der Waals surface area contributed by atoms with E-state index in [1.807, 2.05) is 109 Å². The van der Waals surface area contributed by atoms with Crippen LogP contribution >= 0.6 is 0 Å². The standard InChI is InChI=1S/C31H23FN6/c1-20-27-28(21-16-18-22(32)19-17-21)37-26-15-9-8-14-25(26)34-29(33-23-10-4-2-5-11-23)31(37)35-30(27)38(36-20)24-12-6-3-7-13-24/h2-19,28H,1H3,(H,33,34)/t28-/m1/s1. The molecule has 7 rings (SSSR count). The van der Waals surface area contributed by atoms with Gasteiger partial charge in [-0.05, 0) is 61.0 Å². The van der Waals surface area contributed by atoms with Crippen LogP contribution in [0, 0.1) is 12.7 Å². The molecule has 6 nitrogen and oxygen atoms in total. The molecular formula is C31H23FN6. The van der Waals surface area contributed by atoms with Crippen LogP contribution in [0.5, 0.6) is 0 Å². The van der Waals surface area contributed by atoms with Gasteiger partial charge in [0.25, 0.3) is 0 Å². The van der Waals surface area contributed by atoms with Crippen molar-refractivity contribution in [3.8, 4) is 5.69 Å². The molecule has 0 aliphatic carbocycles. The number of hydrogen-bond donors (Lipinski definition) is 1. The predicted molar refractivity (Wildman–Crippen MR) is 150 cm³/mol. The number of fused-ring (bicyclic) bond motifs is 4. The van der Waals surface area contributed by atoms with E-state index in [4.69, 9.17) is 15.1 Å². The summed E-state index contributed by atoms with van der Waals surface area (Å²) in [6.07, 6.45) is 0. The van der Waals surface area contributed by atoms with Gasteiger partial charge in [0.05, 0.1) is 28.8 Å². The fourth-order valence-electron chi connectivity index (χ4n) is 5.17. The lowest BCUT2D eigenvalue weighted by Gasteiger charge is -2.40. The number of aromatic nitrogens is 2. The summed E-state index contributed by atoms with van der Waals surface area (Å²) in [5.74, 6) is 1.76. The van der Waals surface area contributed by atoms with Gasteiger partial charge in [-0.1, -0.05) is 60.7 Å². The first kappa shape index (κ1) is 22.2. The van der Waals surface area contributed by atoms with Gasteiger partial charge in [0.2, 0.25) is 0 Å². The summed E-state index contributed by atoms with van der Waals surface area (Å²) in [6.45, 7) is 2.00. The number of benzene rings is 4. The molecule has 1 aromatic heterocycles. The molecule has 2 aliphatic heterocycles. The van der Waals surface area contributed by atoms with Crippen LogP contribution in [-0.4, -0.2) is 21.5 Å². The summed E-state index contributed by atoms with van der Waals surface area (Å²) >= 11 is 0. The van der Waals surface area contributed by atoms with E-state index < -0.39 is 0 Å². The van der Waals surface area contributed by atoms with E-state index in [0.29, 0.717) is 11.7 Å². The zero-order valence-corrected chi connectivity index (χ0v) is 20.6. The third-order valence-electron chi connectivity index (χ3n) is 6.86. The molecule has 0 saturated heterocycles. The Bertz CT molecular complexity index is 1710. The van der Waals surface area contributed by atoms with Gasteiger partial charge in [0.15, 0.2) is 17.5 Å². The van der Waals surface area contributed by atoms with Gasteiger partial charge < -0.3 is 10.2 Å². The Balaban J connectivity index is 1.51. The molecule has 184 valence electrons. The summed E-state index contributed by atoms with van der Waals surface area (Å²) in [5, 5.41) is 8.41. The fraction of sp³-hybridized carbons (Fsp3) is 0.0645. The molecule has 0 spiro atoms. The first-order valence-corrected chi connectivity index (χ1v) is 12.5. The van der Waals surface area contributed by atoms with Crippen molar-refractivity contribution in [2.75, 3.05) is 10.2 Å². The number of aryl methyl sites for hydroxylation is 1. The number of para-hydroxylation sites is 4. The lowest BCUT2D eigenvalue weighted by atomic mass is 9.93. The molecule has 0 amide bonds.